The smallest absolute Gasteiger partial charge is 0.253 e. The Labute approximate surface area is 116 Å². The molecular formula is C14H15ClN2O2. The van der Waals surface area contributed by atoms with E-state index in [0.717, 1.165) is 6.42 Å². The normalized spacial score (nSPS) is 25.9. The van der Waals surface area contributed by atoms with E-state index < -0.39 is 0 Å². The van der Waals surface area contributed by atoms with Gasteiger partial charge in [0.2, 0.25) is 5.91 Å². The third-order valence-corrected chi connectivity index (χ3v) is 4.23. The van der Waals surface area contributed by atoms with Crippen molar-refractivity contribution in [3.8, 4) is 0 Å². The summed E-state index contributed by atoms with van der Waals surface area (Å²) in [6, 6.07) is 7.00. The van der Waals surface area contributed by atoms with Gasteiger partial charge in [0.1, 0.15) is 0 Å². The van der Waals surface area contributed by atoms with Crippen LogP contribution in [0.3, 0.4) is 0 Å². The molecule has 5 heteroatoms. The van der Waals surface area contributed by atoms with Crippen LogP contribution < -0.4 is 5.32 Å². The molecule has 2 heterocycles. The third kappa shape index (κ3) is 2.32. The van der Waals surface area contributed by atoms with E-state index in [9.17, 15) is 9.59 Å². The highest BCUT2D eigenvalue weighted by Crippen LogP contribution is 2.37. The number of rotatable bonds is 1. The number of hydrogen-bond acceptors (Lipinski definition) is 2. The first-order valence-electron chi connectivity index (χ1n) is 6.40. The van der Waals surface area contributed by atoms with Crippen LogP contribution in [0.25, 0.3) is 0 Å². The minimum Gasteiger partial charge on any atom is -0.355 e. The molecule has 1 atom stereocenters. The molecule has 2 fully saturated rings. The average molecular weight is 279 g/mol. The van der Waals surface area contributed by atoms with Crippen LogP contribution in [0, 0.1) is 5.41 Å². The number of nitrogens with one attached hydrogen (secondary N) is 1. The highest BCUT2D eigenvalue weighted by molar-refractivity contribution is 6.30. The molecule has 19 heavy (non-hydrogen) atoms. The molecule has 1 aromatic rings. The number of amides is 2. The minimum atomic E-state index is -0.0503. The summed E-state index contributed by atoms with van der Waals surface area (Å²) < 4.78 is 0. The fourth-order valence-corrected chi connectivity index (χ4v) is 3.14. The van der Waals surface area contributed by atoms with Crippen molar-refractivity contribution in [2.45, 2.75) is 12.8 Å². The number of likely N-dealkylation sites (tertiary alicyclic amines) is 1. The second kappa shape index (κ2) is 4.53. The van der Waals surface area contributed by atoms with Crippen molar-refractivity contribution in [3.63, 3.8) is 0 Å². The summed E-state index contributed by atoms with van der Waals surface area (Å²) in [4.78, 5) is 25.6. The highest BCUT2D eigenvalue weighted by atomic mass is 35.5. The van der Waals surface area contributed by atoms with Gasteiger partial charge in [-0.05, 0) is 24.6 Å². The van der Waals surface area contributed by atoms with E-state index >= 15 is 0 Å². The van der Waals surface area contributed by atoms with Crippen molar-refractivity contribution in [1.29, 1.82) is 0 Å². The molecule has 0 saturated carbocycles. The molecule has 4 nitrogen and oxygen atoms in total. The monoisotopic (exact) mass is 278 g/mol. The second-order valence-electron chi connectivity index (χ2n) is 5.44. The number of carbonyl (C=O) groups is 2. The molecule has 100 valence electrons. The van der Waals surface area contributed by atoms with Crippen LogP contribution in [-0.4, -0.2) is 36.3 Å². The fourth-order valence-electron chi connectivity index (χ4n) is 2.95. The number of nitrogens with zero attached hydrogens (tertiary/aromatic N) is 1. The predicted molar refractivity (Wildman–Crippen MR) is 72.0 cm³/mol. The summed E-state index contributed by atoms with van der Waals surface area (Å²) in [7, 11) is 0. The second-order valence-corrected chi connectivity index (χ2v) is 5.88. The average Bonchev–Trinajstić information content (AvgIpc) is 2.96. The molecule has 0 aromatic heterocycles. The molecular weight excluding hydrogens is 264 g/mol. The number of halogens is 1. The van der Waals surface area contributed by atoms with Crippen LogP contribution in [0.2, 0.25) is 5.02 Å². The Hall–Kier alpha value is -1.55. The zero-order chi connectivity index (χ0) is 13.5. The van der Waals surface area contributed by atoms with Gasteiger partial charge in [0.15, 0.2) is 0 Å². The zero-order valence-electron chi connectivity index (χ0n) is 10.5. The lowest BCUT2D eigenvalue weighted by atomic mass is 9.86. The topological polar surface area (TPSA) is 49.4 Å². The SMILES string of the molecule is O=C1CC2(CCN(C(=O)c3cccc(Cl)c3)C2)CN1. The Morgan fingerprint density at radius 3 is 2.95 bits per heavy atom. The third-order valence-electron chi connectivity index (χ3n) is 3.99. The molecule has 1 unspecified atom stereocenters. The van der Waals surface area contributed by atoms with Gasteiger partial charge in [-0.1, -0.05) is 17.7 Å². The Morgan fingerprint density at radius 1 is 1.42 bits per heavy atom. The van der Waals surface area contributed by atoms with E-state index in [4.69, 9.17) is 11.6 Å². The Balaban J connectivity index is 1.74. The zero-order valence-corrected chi connectivity index (χ0v) is 11.2. The van der Waals surface area contributed by atoms with Gasteiger partial charge < -0.3 is 10.2 Å². The van der Waals surface area contributed by atoms with Crippen molar-refractivity contribution >= 4 is 23.4 Å². The maximum absolute atomic E-state index is 12.4. The molecule has 1 N–H and O–H groups in total. The van der Waals surface area contributed by atoms with E-state index in [1.807, 2.05) is 4.90 Å². The van der Waals surface area contributed by atoms with Crippen molar-refractivity contribution in [2.75, 3.05) is 19.6 Å². The summed E-state index contributed by atoms with van der Waals surface area (Å²) in [5.74, 6) is 0.0933. The van der Waals surface area contributed by atoms with E-state index in [2.05, 4.69) is 5.32 Å². The van der Waals surface area contributed by atoms with Gasteiger partial charge in [-0.2, -0.15) is 0 Å². The summed E-state index contributed by atoms with van der Waals surface area (Å²) >= 11 is 5.91. The Bertz CT molecular complexity index is 546. The van der Waals surface area contributed by atoms with Crippen LogP contribution >= 0.6 is 11.6 Å². The van der Waals surface area contributed by atoms with Crippen molar-refractivity contribution < 1.29 is 9.59 Å². The predicted octanol–water partition coefficient (Wildman–Crippen LogP) is 1.69. The quantitative estimate of drug-likeness (QED) is 0.850. The van der Waals surface area contributed by atoms with Gasteiger partial charge in [-0.3, -0.25) is 9.59 Å². The standard InChI is InChI=1S/C14H15ClN2O2/c15-11-3-1-2-10(6-11)13(19)17-5-4-14(9-17)7-12(18)16-8-14/h1-3,6H,4-5,7-9H2,(H,16,18). The molecule has 1 spiro atoms. The molecule has 0 bridgehead atoms. The molecule has 0 radical (unpaired) electrons. The van der Waals surface area contributed by atoms with Gasteiger partial charge >= 0.3 is 0 Å². The van der Waals surface area contributed by atoms with E-state index in [0.29, 0.717) is 36.6 Å². The van der Waals surface area contributed by atoms with Crippen molar-refractivity contribution in [3.05, 3.63) is 34.9 Å². The summed E-state index contributed by atoms with van der Waals surface area (Å²) in [6.07, 6.45) is 1.42. The van der Waals surface area contributed by atoms with Crippen molar-refractivity contribution in [1.82, 2.24) is 10.2 Å². The first-order valence-corrected chi connectivity index (χ1v) is 6.77. The van der Waals surface area contributed by atoms with Crippen LogP contribution in [-0.2, 0) is 4.79 Å². The maximum Gasteiger partial charge on any atom is 0.253 e. The maximum atomic E-state index is 12.4. The van der Waals surface area contributed by atoms with Crippen LogP contribution in [0.5, 0.6) is 0 Å². The first-order chi connectivity index (χ1) is 9.08. The molecule has 2 aliphatic heterocycles. The lowest BCUT2D eigenvalue weighted by Gasteiger charge is -2.21. The first kappa shape index (κ1) is 12.5. The van der Waals surface area contributed by atoms with Crippen LogP contribution in [0.1, 0.15) is 23.2 Å². The summed E-state index contributed by atoms with van der Waals surface area (Å²) in [6.45, 7) is 2.04. The van der Waals surface area contributed by atoms with E-state index in [1.165, 1.54) is 0 Å². The molecule has 2 amide bonds. The lowest BCUT2D eigenvalue weighted by Crippen LogP contribution is -2.33. The molecule has 1 aromatic carbocycles. The molecule has 2 aliphatic rings. The largest absolute Gasteiger partial charge is 0.355 e. The van der Waals surface area contributed by atoms with Gasteiger partial charge in [0.05, 0.1) is 0 Å². The van der Waals surface area contributed by atoms with E-state index in [-0.39, 0.29) is 17.2 Å². The molecule has 0 aliphatic carbocycles. The van der Waals surface area contributed by atoms with Gasteiger partial charge in [0, 0.05) is 42.1 Å². The summed E-state index contributed by atoms with van der Waals surface area (Å²) in [5, 5.41) is 3.43. The van der Waals surface area contributed by atoms with Crippen LogP contribution in [0.15, 0.2) is 24.3 Å². The highest BCUT2D eigenvalue weighted by Gasteiger charge is 2.45. The van der Waals surface area contributed by atoms with Crippen molar-refractivity contribution in [2.24, 2.45) is 5.41 Å². The fraction of sp³-hybridized carbons (Fsp3) is 0.429. The minimum absolute atomic E-state index is 0.00118. The number of carbonyl (C=O) groups excluding carboxylic acids is 2. The van der Waals surface area contributed by atoms with E-state index in [1.54, 1.807) is 24.3 Å². The lowest BCUT2D eigenvalue weighted by molar-refractivity contribution is -0.119. The number of hydrogen-bond donors (Lipinski definition) is 1. The Morgan fingerprint density at radius 2 is 2.26 bits per heavy atom. The molecule has 3 rings (SSSR count). The van der Waals surface area contributed by atoms with Gasteiger partial charge in [-0.15, -0.1) is 0 Å². The summed E-state index contributed by atoms with van der Waals surface area (Å²) in [5.41, 5.74) is 0.563. The van der Waals surface area contributed by atoms with Gasteiger partial charge in [0.25, 0.3) is 5.91 Å². The molecule has 2 saturated heterocycles. The number of benzene rings is 1. The van der Waals surface area contributed by atoms with Crippen LogP contribution in [0.4, 0.5) is 0 Å². The van der Waals surface area contributed by atoms with Gasteiger partial charge in [-0.25, -0.2) is 0 Å². The Kier molecular flexibility index (Phi) is 2.97.